The van der Waals surface area contributed by atoms with Gasteiger partial charge >= 0.3 is 0 Å². The maximum absolute atomic E-state index is 13.0. The second kappa shape index (κ2) is 4.71. The van der Waals surface area contributed by atoms with Crippen LogP contribution < -0.4 is 5.14 Å². The number of nitrogens with zero attached hydrogens (tertiary/aromatic N) is 2. The number of nitrogens with two attached hydrogens (primary N) is 1. The highest BCUT2D eigenvalue weighted by atomic mass is 32.2. The third-order valence-electron chi connectivity index (χ3n) is 2.52. The third-order valence-corrected chi connectivity index (χ3v) is 3.30. The van der Waals surface area contributed by atoms with Crippen molar-refractivity contribution < 1.29 is 17.2 Å². The molecule has 0 saturated carbocycles. The fourth-order valence-corrected chi connectivity index (χ4v) is 2.21. The fraction of sp³-hybridized carbons (Fsp3) is 0.182. The number of rotatable bonds is 3. The Labute approximate surface area is 108 Å². The lowest BCUT2D eigenvalue weighted by molar-refractivity contribution is 0.576. The van der Waals surface area contributed by atoms with Gasteiger partial charge in [-0.2, -0.15) is 0 Å². The summed E-state index contributed by atoms with van der Waals surface area (Å²) < 4.78 is 49.8. The second-order valence-corrected chi connectivity index (χ2v) is 5.59. The molecule has 0 fully saturated rings. The Kier molecular flexibility index (Phi) is 3.38. The molecule has 5 nitrogen and oxygen atoms in total. The van der Waals surface area contributed by atoms with Crippen molar-refractivity contribution in [1.29, 1.82) is 0 Å². The standard InChI is InChI=1S/C11H11F2N3O2S/c1-7-15-11(19(14,17)18)6-16(7)5-8-2-9(12)4-10(13)3-8/h2-4,6H,5H2,1H3,(H2,14,17,18). The summed E-state index contributed by atoms with van der Waals surface area (Å²) in [6.07, 6.45) is 1.23. The van der Waals surface area contributed by atoms with Gasteiger partial charge in [0.15, 0.2) is 5.03 Å². The highest BCUT2D eigenvalue weighted by Gasteiger charge is 2.14. The van der Waals surface area contributed by atoms with E-state index < -0.39 is 21.7 Å². The van der Waals surface area contributed by atoms with E-state index in [9.17, 15) is 17.2 Å². The number of sulfonamides is 1. The topological polar surface area (TPSA) is 78.0 Å². The molecule has 102 valence electrons. The van der Waals surface area contributed by atoms with Crippen LogP contribution in [0.25, 0.3) is 0 Å². The zero-order valence-electron chi connectivity index (χ0n) is 9.97. The average Bonchev–Trinajstić information content (AvgIpc) is 2.58. The number of imidazole rings is 1. The molecule has 0 amide bonds. The minimum Gasteiger partial charge on any atom is -0.329 e. The molecular weight excluding hydrogens is 276 g/mol. The normalized spacial score (nSPS) is 11.8. The molecule has 8 heteroatoms. The minimum absolute atomic E-state index is 0.100. The lowest BCUT2D eigenvalue weighted by Crippen LogP contribution is -2.12. The number of hydrogen-bond acceptors (Lipinski definition) is 3. The minimum atomic E-state index is -3.89. The monoisotopic (exact) mass is 287 g/mol. The van der Waals surface area contributed by atoms with Crippen LogP contribution in [0, 0.1) is 18.6 Å². The summed E-state index contributed by atoms with van der Waals surface area (Å²) in [6.45, 7) is 1.67. The Hall–Kier alpha value is -1.80. The van der Waals surface area contributed by atoms with Gasteiger partial charge in [0, 0.05) is 18.8 Å². The Morgan fingerprint density at radius 2 is 1.84 bits per heavy atom. The molecule has 0 unspecified atom stereocenters. The summed E-state index contributed by atoms with van der Waals surface area (Å²) in [7, 11) is -3.89. The van der Waals surface area contributed by atoms with Gasteiger partial charge in [-0.05, 0) is 24.6 Å². The number of halogens is 2. The van der Waals surface area contributed by atoms with Gasteiger partial charge < -0.3 is 4.57 Å². The molecule has 0 radical (unpaired) electrons. The molecule has 0 bridgehead atoms. The molecule has 19 heavy (non-hydrogen) atoms. The van der Waals surface area contributed by atoms with Gasteiger partial charge in [-0.3, -0.25) is 0 Å². The Bertz CT molecular complexity index is 705. The summed E-state index contributed by atoms with van der Waals surface area (Å²) in [4.78, 5) is 3.79. The van der Waals surface area contributed by atoms with Gasteiger partial charge in [0.25, 0.3) is 10.0 Å². The predicted molar refractivity (Wildman–Crippen MR) is 63.8 cm³/mol. The van der Waals surface area contributed by atoms with E-state index in [4.69, 9.17) is 5.14 Å². The van der Waals surface area contributed by atoms with E-state index in [0.29, 0.717) is 11.4 Å². The smallest absolute Gasteiger partial charge is 0.257 e. The van der Waals surface area contributed by atoms with Crippen LogP contribution >= 0.6 is 0 Å². The first kappa shape index (κ1) is 13.6. The van der Waals surface area contributed by atoms with Crippen molar-refractivity contribution in [3.05, 3.63) is 47.4 Å². The number of primary sulfonamides is 1. The van der Waals surface area contributed by atoms with Crippen LogP contribution in [-0.2, 0) is 16.6 Å². The zero-order chi connectivity index (χ0) is 14.2. The van der Waals surface area contributed by atoms with Crippen LogP contribution in [-0.4, -0.2) is 18.0 Å². The molecule has 0 aliphatic rings. The van der Waals surface area contributed by atoms with Crippen LogP contribution in [0.3, 0.4) is 0 Å². The van der Waals surface area contributed by atoms with Crippen molar-refractivity contribution in [2.75, 3.05) is 0 Å². The summed E-state index contributed by atoms with van der Waals surface area (Å²) in [5.41, 5.74) is 0.360. The van der Waals surface area contributed by atoms with Crippen molar-refractivity contribution >= 4 is 10.0 Å². The summed E-state index contributed by atoms with van der Waals surface area (Å²) >= 11 is 0. The predicted octanol–water partition coefficient (Wildman–Crippen LogP) is 1.17. The maximum atomic E-state index is 13.0. The molecule has 2 N–H and O–H groups in total. The number of hydrogen-bond donors (Lipinski definition) is 1. The maximum Gasteiger partial charge on any atom is 0.257 e. The van der Waals surface area contributed by atoms with E-state index in [1.54, 1.807) is 6.92 Å². The first-order chi connectivity index (χ1) is 8.75. The first-order valence-corrected chi connectivity index (χ1v) is 6.82. The van der Waals surface area contributed by atoms with Crippen molar-refractivity contribution in [3.63, 3.8) is 0 Å². The molecular formula is C11H11F2N3O2S. The number of aryl methyl sites for hydroxylation is 1. The molecule has 0 aliphatic carbocycles. The molecule has 1 heterocycles. The van der Waals surface area contributed by atoms with E-state index in [0.717, 1.165) is 6.07 Å². The van der Waals surface area contributed by atoms with Crippen LogP contribution in [0.1, 0.15) is 11.4 Å². The fourth-order valence-electron chi connectivity index (χ4n) is 1.68. The Morgan fingerprint density at radius 3 is 2.32 bits per heavy atom. The van der Waals surface area contributed by atoms with Gasteiger partial charge in [-0.1, -0.05) is 0 Å². The lowest BCUT2D eigenvalue weighted by atomic mass is 10.2. The van der Waals surface area contributed by atoms with Crippen LogP contribution in [0.2, 0.25) is 0 Å². The van der Waals surface area contributed by atoms with Gasteiger partial charge in [0.05, 0.1) is 0 Å². The summed E-state index contributed by atoms with van der Waals surface area (Å²) in [5, 5.41) is 4.68. The van der Waals surface area contributed by atoms with E-state index in [-0.39, 0.29) is 11.6 Å². The molecule has 1 aromatic carbocycles. The third kappa shape index (κ3) is 3.15. The van der Waals surface area contributed by atoms with Gasteiger partial charge in [-0.15, -0.1) is 0 Å². The summed E-state index contributed by atoms with van der Waals surface area (Å²) in [6, 6.07) is 3.10. The number of benzene rings is 1. The second-order valence-electron chi connectivity index (χ2n) is 4.08. The highest BCUT2D eigenvalue weighted by molar-refractivity contribution is 7.89. The van der Waals surface area contributed by atoms with Gasteiger partial charge in [0.2, 0.25) is 0 Å². The van der Waals surface area contributed by atoms with Crippen LogP contribution in [0.4, 0.5) is 8.78 Å². The summed E-state index contributed by atoms with van der Waals surface area (Å²) in [5.74, 6) is -1.01. The van der Waals surface area contributed by atoms with E-state index in [1.165, 1.54) is 22.9 Å². The highest BCUT2D eigenvalue weighted by Crippen LogP contribution is 2.13. The van der Waals surface area contributed by atoms with Gasteiger partial charge in [0.1, 0.15) is 17.5 Å². The van der Waals surface area contributed by atoms with E-state index >= 15 is 0 Å². The van der Waals surface area contributed by atoms with E-state index in [1.807, 2.05) is 0 Å². The van der Waals surface area contributed by atoms with Crippen molar-refractivity contribution in [1.82, 2.24) is 9.55 Å². The largest absolute Gasteiger partial charge is 0.329 e. The Balaban J connectivity index is 2.36. The SMILES string of the molecule is Cc1nc(S(N)(=O)=O)cn1Cc1cc(F)cc(F)c1. The zero-order valence-corrected chi connectivity index (χ0v) is 10.8. The molecule has 2 aromatic rings. The molecule has 2 rings (SSSR count). The lowest BCUT2D eigenvalue weighted by Gasteiger charge is -2.05. The molecule has 0 aliphatic heterocycles. The molecule has 1 aromatic heterocycles. The van der Waals surface area contributed by atoms with Gasteiger partial charge in [-0.25, -0.2) is 27.3 Å². The molecule has 0 spiro atoms. The van der Waals surface area contributed by atoms with Crippen molar-refractivity contribution in [2.45, 2.75) is 18.5 Å². The average molecular weight is 287 g/mol. The number of aromatic nitrogens is 2. The van der Waals surface area contributed by atoms with E-state index in [2.05, 4.69) is 4.98 Å². The first-order valence-electron chi connectivity index (χ1n) is 5.27. The van der Waals surface area contributed by atoms with Crippen molar-refractivity contribution in [3.8, 4) is 0 Å². The quantitative estimate of drug-likeness (QED) is 0.920. The van der Waals surface area contributed by atoms with Crippen LogP contribution in [0.5, 0.6) is 0 Å². The Morgan fingerprint density at radius 1 is 1.26 bits per heavy atom. The molecule has 0 atom stereocenters. The van der Waals surface area contributed by atoms with Crippen LogP contribution in [0.15, 0.2) is 29.4 Å². The van der Waals surface area contributed by atoms with Crippen molar-refractivity contribution in [2.24, 2.45) is 5.14 Å². The molecule has 0 saturated heterocycles.